The Morgan fingerprint density at radius 2 is 1.87 bits per heavy atom. The van der Waals surface area contributed by atoms with E-state index in [1.54, 1.807) is 10.6 Å². The second-order valence-electron chi connectivity index (χ2n) is 9.91. The van der Waals surface area contributed by atoms with Crippen LogP contribution in [0, 0.1) is 5.92 Å². The Labute approximate surface area is 227 Å². The first-order chi connectivity index (χ1) is 19.1. The summed E-state index contributed by atoms with van der Waals surface area (Å²) in [4.78, 5) is 40.8. The first kappa shape index (κ1) is 26.5. The van der Waals surface area contributed by atoms with Gasteiger partial charge in [0.05, 0.1) is 18.0 Å². The Hall–Kier alpha value is -4.11. The third-order valence-corrected chi connectivity index (χ3v) is 7.27. The largest absolute Gasteiger partial charge is 0.493 e. The van der Waals surface area contributed by atoms with E-state index in [9.17, 15) is 14.4 Å². The van der Waals surface area contributed by atoms with Crippen LogP contribution in [-0.2, 0) is 22.7 Å². The average Bonchev–Trinajstić information content (AvgIpc) is 2.95. The fourth-order valence-electron chi connectivity index (χ4n) is 5.14. The number of alkyl carbamates (subject to hydrolysis) is 1. The molecule has 39 heavy (non-hydrogen) atoms. The molecule has 3 heterocycles. The summed E-state index contributed by atoms with van der Waals surface area (Å²) in [6.07, 6.45) is 4.63. The number of nitrogens with one attached hydrogen (secondary N) is 2. The monoisotopic (exact) mass is 530 g/mol. The van der Waals surface area contributed by atoms with E-state index in [0.29, 0.717) is 52.2 Å². The number of rotatable bonds is 3. The standard InChI is InChI=1S/C30H34N4O5/c35-28-12-10-23-9-11-24-19-27(23)34(28)17-16-33-15-13-26(32-30(37)39-21-22-7-3-1-4-8-22)25(20-33)29(36)31-14-5-2-6-18-38-24/h1-5,7-12,19,25-26H,6,13-18,20-21H2,(H,31,36)(H,32,37)/b5-2-/t25-,26-/m1/s1. The highest BCUT2D eigenvalue weighted by Crippen LogP contribution is 2.22. The molecule has 204 valence electrons. The van der Waals surface area contributed by atoms with Gasteiger partial charge in [0.1, 0.15) is 12.4 Å². The van der Waals surface area contributed by atoms with Gasteiger partial charge in [-0.1, -0.05) is 42.5 Å². The third-order valence-electron chi connectivity index (χ3n) is 7.27. The van der Waals surface area contributed by atoms with Crippen LogP contribution in [0.25, 0.3) is 10.9 Å². The molecule has 1 unspecified atom stereocenters. The van der Waals surface area contributed by atoms with Crippen LogP contribution in [0.15, 0.2) is 77.6 Å². The minimum Gasteiger partial charge on any atom is -0.493 e. The number of carbonyl (C=O) groups is 2. The van der Waals surface area contributed by atoms with Gasteiger partial charge in [-0.2, -0.15) is 0 Å². The molecule has 0 aliphatic carbocycles. The van der Waals surface area contributed by atoms with E-state index in [0.717, 1.165) is 22.2 Å². The molecule has 0 radical (unpaired) electrons. The first-order valence-corrected chi connectivity index (χ1v) is 13.5. The summed E-state index contributed by atoms with van der Waals surface area (Å²) in [5.74, 6) is 0.148. The van der Waals surface area contributed by atoms with Crippen molar-refractivity contribution in [2.45, 2.75) is 32.0 Å². The van der Waals surface area contributed by atoms with Crippen molar-refractivity contribution in [1.82, 2.24) is 20.1 Å². The van der Waals surface area contributed by atoms with Gasteiger partial charge in [-0.3, -0.25) is 9.59 Å². The van der Waals surface area contributed by atoms with Gasteiger partial charge in [-0.15, -0.1) is 0 Å². The summed E-state index contributed by atoms with van der Waals surface area (Å²) in [5.41, 5.74) is 1.65. The van der Waals surface area contributed by atoms with Crippen molar-refractivity contribution in [2.75, 3.05) is 32.8 Å². The number of ether oxygens (including phenoxy) is 2. The first-order valence-electron chi connectivity index (χ1n) is 13.5. The Bertz CT molecular complexity index is 1390. The summed E-state index contributed by atoms with van der Waals surface area (Å²) in [7, 11) is 0. The van der Waals surface area contributed by atoms with E-state index in [4.69, 9.17) is 9.47 Å². The maximum atomic E-state index is 13.2. The van der Waals surface area contributed by atoms with Crippen LogP contribution in [0.1, 0.15) is 18.4 Å². The number of nitrogens with zero attached hydrogens (tertiary/aromatic N) is 2. The summed E-state index contributed by atoms with van der Waals surface area (Å²) >= 11 is 0. The van der Waals surface area contributed by atoms with Crippen LogP contribution in [0.4, 0.5) is 4.79 Å². The molecule has 5 rings (SSSR count). The molecule has 2 N–H and O–H groups in total. The van der Waals surface area contributed by atoms with Crippen molar-refractivity contribution in [3.63, 3.8) is 0 Å². The molecule has 2 aliphatic heterocycles. The van der Waals surface area contributed by atoms with Gasteiger partial charge in [-0.25, -0.2) is 4.79 Å². The second-order valence-corrected chi connectivity index (χ2v) is 9.91. The lowest BCUT2D eigenvalue weighted by Crippen LogP contribution is -2.56. The molecule has 0 saturated carbocycles. The molecule has 2 aromatic carbocycles. The van der Waals surface area contributed by atoms with Crippen LogP contribution in [0.3, 0.4) is 0 Å². The quantitative estimate of drug-likeness (QED) is 0.505. The minimum atomic E-state index is -0.536. The average molecular weight is 531 g/mol. The van der Waals surface area contributed by atoms with E-state index < -0.39 is 12.0 Å². The molecular formula is C30H34N4O5. The molecule has 1 aromatic heterocycles. The molecular weight excluding hydrogens is 496 g/mol. The highest BCUT2D eigenvalue weighted by Gasteiger charge is 2.35. The van der Waals surface area contributed by atoms with Gasteiger partial charge in [0, 0.05) is 50.9 Å². The zero-order valence-corrected chi connectivity index (χ0v) is 21.9. The fraction of sp³-hybridized carbons (Fsp3) is 0.367. The molecule has 9 nitrogen and oxygen atoms in total. The van der Waals surface area contributed by atoms with E-state index in [2.05, 4.69) is 15.5 Å². The zero-order chi connectivity index (χ0) is 27.0. The number of pyridine rings is 1. The smallest absolute Gasteiger partial charge is 0.407 e. The summed E-state index contributed by atoms with van der Waals surface area (Å²) in [5, 5.41) is 6.88. The lowest BCUT2D eigenvalue weighted by Gasteiger charge is -2.38. The number of benzene rings is 2. The van der Waals surface area contributed by atoms with Crippen molar-refractivity contribution >= 4 is 22.9 Å². The van der Waals surface area contributed by atoms with Crippen molar-refractivity contribution < 1.29 is 19.1 Å². The Kier molecular flexibility index (Phi) is 8.58. The minimum absolute atomic E-state index is 0.0764. The van der Waals surface area contributed by atoms with E-state index in [1.807, 2.05) is 66.7 Å². The molecule has 1 saturated heterocycles. The lowest BCUT2D eigenvalue weighted by molar-refractivity contribution is -0.127. The number of fused-ring (bicyclic) bond motifs is 3. The number of amides is 2. The number of hydrogen-bond acceptors (Lipinski definition) is 6. The van der Waals surface area contributed by atoms with Crippen LogP contribution in [0.5, 0.6) is 5.75 Å². The van der Waals surface area contributed by atoms with Gasteiger partial charge in [0.25, 0.3) is 5.56 Å². The SMILES string of the molecule is O=C(N[C@@H]1CCN2CCn3c(=O)ccc4ccc(cc43)OCC/C=C\CNC(=O)[C@@H]1C2)OCc1ccccc1. The highest BCUT2D eigenvalue weighted by molar-refractivity contribution is 5.81. The van der Waals surface area contributed by atoms with Crippen molar-refractivity contribution in [3.05, 3.63) is 88.7 Å². The van der Waals surface area contributed by atoms with Crippen LogP contribution in [0.2, 0.25) is 0 Å². The van der Waals surface area contributed by atoms with Crippen molar-refractivity contribution in [2.24, 2.45) is 5.92 Å². The predicted octanol–water partition coefficient (Wildman–Crippen LogP) is 3.07. The summed E-state index contributed by atoms with van der Waals surface area (Å²) in [6, 6.07) is 18.4. The van der Waals surface area contributed by atoms with E-state index >= 15 is 0 Å². The van der Waals surface area contributed by atoms with Gasteiger partial charge in [0.15, 0.2) is 0 Å². The van der Waals surface area contributed by atoms with Crippen LogP contribution < -0.4 is 20.9 Å². The predicted molar refractivity (Wildman–Crippen MR) is 149 cm³/mol. The zero-order valence-electron chi connectivity index (χ0n) is 21.9. The fourth-order valence-corrected chi connectivity index (χ4v) is 5.14. The molecule has 2 aliphatic rings. The van der Waals surface area contributed by atoms with Crippen LogP contribution in [-0.4, -0.2) is 60.3 Å². The number of carbonyl (C=O) groups excluding carboxylic acids is 2. The van der Waals surface area contributed by atoms with Gasteiger partial charge >= 0.3 is 6.09 Å². The maximum Gasteiger partial charge on any atom is 0.407 e. The van der Waals surface area contributed by atoms with E-state index in [-0.39, 0.29) is 24.1 Å². The molecule has 1 fully saturated rings. The van der Waals surface area contributed by atoms with Gasteiger partial charge < -0.3 is 29.6 Å². The maximum absolute atomic E-state index is 13.2. The molecule has 3 atom stereocenters. The molecule has 9 heteroatoms. The molecule has 3 aromatic rings. The van der Waals surface area contributed by atoms with Crippen molar-refractivity contribution in [3.8, 4) is 5.75 Å². The van der Waals surface area contributed by atoms with Gasteiger partial charge in [0.2, 0.25) is 5.91 Å². The number of hydrogen-bond donors (Lipinski definition) is 2. The Balaban J connectivity index is 1.31. The Morgan fingerprint density at radius 3 is 2.74 bits per heavy atom. The topological polar surface area (TPSA) is 102 Å². The molecule has 4 bridgehead atoms. The number of aromatic nitrogens is 1. The summed E-state index contributed by atoms with van der Waals surface area (Å²) < 4.78 is 13.1. The molecule has 2 amide bonds. The van der Waals surface area contributed by atoms with E-state index in [1.165, 1.54) is 0 Å². The van der Waals surface area contributed by atoms with Gasteiger partial charge in [-0.05, 0) is 42.0 Å². The lowest BCUT2D eigenvalue weighted by atomic mass is 9.91. The normalized spacial score (nSPS) is 22.8. The summed E-state index contributed by atoms with van der Waals surface area (Å²) in [6.45, 7) is 3.27. The molecule has 0 spiro atoms. The number of piperidine rings is 1. The van der Waals surface area contributed by atoms with Crippen molar-refractivity contribution in [1.29, 1.82) is 0 Å². The third kappa shape index (κ3) is 6.86. The second kappa shape index (κ2) is 12.6. The van der Waals surface area contributed by atoms with Crippen LogP contribution >= 0.6 is 0 Å². The Morgan fingerprint density at radius 1 is 1.03 bits per heavy atom. The highest BCUT2D eigenvalue weighted by atomic mass is 16.5.